The van der Waals surface area contributed by atoms with E-state index in [2.05, 4.69) is 28.9 Å². The highest BCUT2D eigenvalue weighted by atomic mass is 16.5. The number of nitrogen functional groups attached to an aromatic ring is 1. The van der Waals surface area contributed by atoms with Crippen molar-refractivity contribution in [3.63, 3.8) is 0 Å². The molecular formula is C18H23N3O2. The number of anilines is 1. The molecule has 0 saturated carbocycles. The van der Waals surface area contributed by atoms with Crippen LogP contribution in [0.4, 0.5) is 5.82 Å². The van der Waals surface area contributed by atoms with E-state index in [0.29, 0.717) is 5.82 Å². The summed E-state index contributed by atoms with van der Waals surface area (Å²) in [5.74, 6) is 2.26. The maximum Gasteiger partial charge on any atom is 0.142 e. The van der Waals surface area contributed by atoms with E-state index in [1.165, 1.54) is 5.56 Å². The van der Waals surface area contributed by atoms with E-state index >= 15 is 0 Å². The average Bonchev–Trinajstić information content (AvgIpc) is 2.73. The van der Waals surface area contributed by atoms with Crippen LogP contribution < -0.4 is 15.2 Å². The van der Waals surface area contributed by atoms with Crippen molar-refractivity contribution in [2.24, 2.45) is 0 Å². The number of rotatable bonds is 4. The summed E-state index contributed by atoms with van der Waals surface area (Å²) in [6, 6.07) is 11.9. The predicted molar refractivity (Wildman–Crippen MR) is 90.5 cm³/mol. The van der Waals surface area contributed by atoms with Gasteiger partial charge in [0.15, 0.2) is 0 Å². The zero-order chi connectivity index (χ0) is 16.2. The molecule has 0 saturated heterocycles. The van der Waals surface area contributed by atoms with Gasteiger partial charge in [-0.25, -0.2) is 4.98 Å². The lowest BCUT2D eigenvalue weighted by Gasteiger charge is -2.23. The van der Waals surface area contributed by atoms with Gasteiger partial charge in [-0.2, -0.15) is 0 Å². The summed E-state index contributed by atoms with van der Waals surface area (Å²) in [7, 11) is 1.68. The zero-order valence-electron chi connectivity index (χ0n) is 13.7. The largest absolute Gasteiger partial charge is 0.497 e. The standard InChI is InChI=1S/C18H23N3O2/c1-3-14-11-21(10-13-4-6-15(22-2)7-5-13)12-16-17(23-14)8-9-18(19)20-16/h4-9,14H,3,10-12H2,1-2H3,(H2,19,20)/t14-/m1/s1. The van der Waals surface area contributed by atoms with Gasteiger partial charge in [-0.15, -0.1) is 0 Å². The van der Waals surface area contributed by atoms with Gasteiger partial charge < -0.3 is 15.2 Å². The van der Waals surface area contributed by atoms with Crippen LogP contribution in [0.1, 0.15) is 24.6 Å². The number of nitrogens with zero attached hydrogens (tertiary/aromatic N) is 2. The summed E-state index contributed by atoms with van der Waals surface area (Å²) >= 11 is 0. The Balaban J connectivity index is 1.80. The zero-order valence-corrected chi connectivity index (χ0v) is 13.7. The number of aromatic nitrogens is 1. The summed E-state index contributed by atoms with van der Waals surface area (Å²) in [5, 5.41) is 0. The number of methoxy groups -OCH3 is 1. The normalized spacial score (nSPS) is 17.9. The van der Waals surface area contributed by atoms with Crippen molar-refractivity contribution >= 4 is 5.82 Å². The lowest BCUT2D eigenvalue weighted by atomic mass is 10.2. The van der Waals surface area contributed by atoms with E-state index in [1.807, 2.05) is 18.2 Å². The first-order valence-electron chi connectivity index (χ1n) is 7.95. The Morgan fingerprint density at radius 1 is 1.26 bits per heavy atom. The highest BCUT2D eigenvalue weighted by molar-refractivity contribution is 5.38. The van der Waals surface area contributed by atoms with Crippen LogP contribution in [0.2, 0.25) is 0 Å². The van der Waals surface area contributed by atoms with Gasteiger partial charge in [0, 0.05) is 19.6 Å². The molecule has 1 aliphatic rings. The van der Waals surface area contributed by atoms with Crippen molar-refractivity contribution in [1.82, 2.24) is 9.88 Å². The average molecular weight is 313 g/mol. The van der Waals surface area contributed by atoms with E-state index in [9.17, 15) is 0 Å². The summed E-state index contributed by atoms with van der Waals surface area (Å²) in [6.07, 6.45) is 1.13. The molecule has 122 valence electrons. The fraction of sp³-hybridized carbons (Fsp3) is 0.389. The number of nitrogens with two attached hydrogens (primary N) is 1. The number of ether oxygens (including phenoxy) is 2. The Morgan fingerprint density at radius 3 is 2.74 bits per heavy atom. The maximum absolute atomic E-state index is 6.09. The van der Waals surface area contributed by atoms with E-state index in [0.717, 1.165) is 43.2 Å². The van der Waals surface area contributed by atoms with E-state index in [1.54, 1.807) is 13.2 Å². The Hall–Kier alpha value is -2.27. The molecule has 1 aromatic carbocycles. The van der Waals surface area contributed by atoms with Gasteiger partial charge in [0.2, 0.25) is 0 Å². The van der Waals surface area contributed by atoms with E-state index < -0.39 is 0 Å². The van der Waals surface area contributed by atoms with Crippen molar-refractivity contribution in [3.05, 3.63) is 47.7 Å². The van der Waals surface area contributed by atoms with Crippen molar-refractivity contribution in [1.29, 1.82) is 0 Å². The van der Waals surface area contributed by atoms with Crippen LogP contribution in [0.15, 0.2) is 36.4 Å². The Morgan fingerprint density at radius 2 is 2.04 bits per heavy atom. The van der Waals surface area contributed by atoms with Gasteiger partial charge in [0.05, 0.1) is 12.8 Å². The molecule has 1 aliphatic heterocycles. The Labute approximate surface area is 137 Å². The van der Waals surface area contributed by atoms with Crippen molar-refractivity contribution in [2.45, 2.75) is 32.5 Å². The topological polar surface area (TPSA) is 60.6 Å². The number of benzene rings is 1. The molecule has 5 nitrogen and oxygen atoms in total. The third-order valence-electron chi connectivity index (χ3n) is 4.10. The summed E-state index contributed by atoms with van der Waals surface area (Å²) in [5.41, 5.74) is 7.99. The predicted octanol–water partition coefficient (Wildman–Crippen LogP) is 2.85. The van der Waals surface area contributed by atoms with Crippen LogP contribution in [-0.4, -0.2) is 29.6 Å². The molecule has 2 aromatic rings. The molecule has 5 heteroatoms. The monoisotopic (exact) mass is 313 g/mol. The van der Waals surface area contributed by atoms with E-state index in [-0.39, 0.29) is 6.10 Å². The Kier molecular flexibility index (Phi) is 4.67. The molecule has 1 atom stereocenters. The second-order valence-corrected chi connectivity index (χ2v) is 5.85. The highest BCUT2D eigenvalue weighted by Crippen LogP contribution is 2.26. The molecule has 0 fully saturated rings. The van der Waals surface area contributed by atoms with Crippen molar-refractivity contribution in [2.75, 3.05) is 19.4 Å². The molecule has 0 aliphatic carbocycles. The fourth-order valence-corrected chi connectivity index (χ4v) is 2.83. The molecule has 2 N–H and O–H groups in total. The fourth-order valence-electron chi connectivity index (χ4n) is 2.83. The van der Waals surface area contributed by atoms with Crippen LogP contribution in [-0.2, 0) is 13.1 Å². The second kappa shape index (κ2) is 6.87. The highest BCUT2D eigenvalue weighted by Gasteiger charge is 2.23. The first-order valence-corrected chi connectivity index (χ1v) is 7.95. The lowest BCUT2D eigenvalue weighted by molar-refractivity contribution is 0.139. The molecule has 1 aromatic heterocycles. The van der Waals surface area contributed by atoms with Gasteiger partial charge in [0.1, 0.15) is 23.4 Å². The summed E-state index contributed by atoms with van der Waals surface area (Å²) in [4.78, 5) is 6.81. The Bertz CT molecular complexity index is 658. The minimum Gasteiger partial charge on any atom is -0.497 e. The molecule has 0 bridgehead atoms. The maximum atomic E-state index is 6.09. The smallest absolute Gasteiger partial charge is 0.142 e. The van der Waals surface area contributed by atoms with Crippen molar-refractivity contribution < 1.29 is 9.47 Å². The first kappa shape index (κ1) is 15.6. The quantitative estimate of drug-likeness (QED) is 0.940. The third-order valence-corrected chi connectivity index (χ3v) is 4.10. The van der Waals surface area contributed by atoms with Gasteiger partial charge in [0.25, 0.3) is 0 Å². The third kappa shape index (κ3) is 3.74. The van der Waals surface area contributed by atoms with Gasteiger partial charge in [-0.05, 0) is 36.2 Å². The van der Waals surface area contributed by atoms with Crippen LogP contribution in [0.5, 0.6) is 11.5 Å². The van der Waals surface area contributed by atoms with Gasteiger partial charge in [-0.3, -0.25) is 4.90 Å². The first-order chi connectivity index (χ1) is 11.2. The molecule has 0 unspecified atom stereocenters. The number of pyridine rings is 1. The number of fused-ring (bicyclic) bond motifs is 1. The molecule has 2 heterocycles. The SMILES string of the molecule is CC[C@@H]1CN(Cc2ccc(OC)cc2)Cc2nc(N)ccc2O1. The van der Waals surface area contributed by atoms with Crippen molar-refractivity contribution in [3.8, 4) is 11.5 Å². The second-order valence-electron chi connectivity index (χ2n) is 5.85. The molecule has 0 amide bonds. The van der Waals surface area contributed by atoms with E-state index in [4.69, 9.17) is 15.2 Å². The van der Waals surface area contributed by atoms with Crippen LogP contribution in [0.3, 0.4) is 0 Å². The summed E-state index contributed by atoms with van der Waals surface area (Å²) in [6.45, 7) is 4.60. The summed E-state index contributed by atoms with van der Waals surface area (Å²) < 4.78 is 11.3. The van der Waals surface area contributed by atoms with Gasteiger partial charge >= 0.3 is 0 Å². The minimum absolute atomic E-state index is 0.167. The molecule has 0 radical (unpaired) electrons. The number of hydrogen-bond acceptors (Lipinski definition) is 5. The lowest BCUT2D eigenvalue weighted by Crippen LogP contribution is -2.32. The van der Waals surface area contributed by atoms with Crippen LogP contribution in [0.25, 0.3) is 0 Å². The molecule has 3 rings (SSSR count). The van der Waals surface area contributed by atoms with Gasteiger partial charge in [-0.1, -0.05) is 19.1 Å². The van der Waals surface area contributed by atoms with Crippen LogP contribution in [0, 0.1) is 0 Å². The van der Waals surface area contributed by atoms with Crippen LogP contribution >= 0.6 is 0 Å². The molecule has 23 heavy (non-hydrogen) atoms. The molecular weight excluding hydrogens is 290 g/mol. The minimum atomic E-state index is 0.167. The molecule has 0 spiro atoms. The number of hydrogen-bond donors (Lipinski definition) is 1.